The zero-order chi connectivity index (χ0) is 12.3. The van der Waals surface area contributed by atoms with Crippen molar-refractivity contribution in [1.82, 2.24) is 20.2 Å². The summed E-state index contributed by atoms with van der Waals surface area (Å²) in [4.78, 5) is 9.90. The summed E-state index contributed by atoms with van der Waals surface area (Å²) in [6.45, 7) is 5.97. The lowest BCUT2D eigenvalue weighted by Gasteiger charge is -2.37. The van der Waals surface area contributed by atoms with Gasteiger partial charge >= 0.3 is 0 Å². The third-order valence-electron chi connectivity index (χ3n) is 4.75. The summed E-state index contributed by atoms with van der Waals surface area (Å²) in [5, 5.41) is 3.50. The van der Waals surface area contributed by atoms with Gasteiger partial charge < -0.3 is 10.3 Å². The van der Waals surface area contributed by atoms with Gasteiger partial charge in [0.2, 0.25) is 0 Å². The fraction of sp³-hybridized carbons (Fsp3) is 0.786. The van der Waals surface area contributed by atoms with E-state index in [-0.39, 0.29) is 0 Å². The first kappa shape index (κ1) is 12.2. The molecule has 100 valence electrons. The number of aromatic nitrogens is 2. The number of H-pyrrole nitrogens is 1. The minimum atomic E-state index is 0.647. The maximum Gasteiger partial charge on any atom is 0.0922 e. The molecule has 2 fully saturated rings. The van der Waals surface area contributed by atoms with E-state index in [0.717, 1.165) is 6.54 Å². The topological polar surface area (TPSA) is 44.0 Å². The Kier molecular flexibility index (Phi) is 3.66. The first-order valence-electron chi connectivity index (χ1n) is 7.27. The van der Waals surface area contributed by atoms with Crippen molar-refractivity contribution in [2.45, 2.75) is 38.6 Å². The highest BCUT2D eigenvalue weighted by Gasteiger charge is 2.33. The van der Waals surface area contributed by atoms with Gasteiger partial charge in [-0.1, -0.05) is 0 Å². The van der Waals surface area contributed by atoms with E-state index in [0.29, 0.717) is 5.41 Å². The van der Waals surface area contributed by atoms with Crippen LogP contribution in [0.25, 0.3) is 0 Å². The molecule has 18 heavy (non-hydrogen) atoms. The molecule has 0 aromatic carbocycles. The van der Waals surface area contributed by atoms with Crippen LogP contribution in [0.3, 0.4) is 0 Å². The van der Waals surface area contributed by atoms with Crippen molar-refractivity contribution in [3.05, 3.63) is 18.2 Å². The smallest absolute Gasteiger partial charge is 0.0922 e. The normalized spacial score (nSPS) is 25.1. The van der Waals surface area contributed by atoms with Crippen molar-refractivity contribution < 1.29 is 0 Å². The number of nitrogens with one attached hydrogen (secondary N) is 2. The summed E-state index contributed by atoms with van der Waals surface area (Å²) < 4.78 is 0. The molecule has 0 bridgehead atoms. The molecule has 1 spiro atoms. The lowest BCUT2D eigenvalue weighted by molar-refractivity contribution is 0.167. The van der Waals surface area contributed by atoms with E-state index in [1.807, 2.05) is 6.20 Å². The highest BCUT2D eigenvalue weighted by atomic mass is 15.1. The van der Waals surface area contributed by atoms with E-state index in [9.17, 15) is 0 Å². The van der Waals surface area contributed by atoms with E-state index >= 15 is 0 Å². The van der Waals surface area contributed by atoms with Crippen LogP contribution in [0, 0.1) is 5.41 Å². The van der Waals surface area contributed by atoms with E-state index in [2.05, 4.69) is 20.2 Å². The van der Waals surface area contributed by atoms with Crippen molar-refractivity contribution in [3.8, 4) is 0 Å². The summed E-state index contributed by atoms with van der Waals surface area (Å²) in [7, 11) is 0. The number of rotatable bonds is 2. The van der Waals surface area contributed by atoms with Gasteiger partial charge in [0.15, 0.2) is 0 Å². The van der Waals surface area contributed by atoms with Gasteiger partial charge in [0, 0.05) is 18.4 Å². The first-order valence-corrected chi connectivity index (χ1v) is 7.27. The Balaban J connectivity index is 1.57. The fourth-order valence-corrected chi connectivity index (χ4v) is 3.54. The van der Waals surface area contributed by atoms with Crippen LogP contribution in [-0.2, 0) is 6.54 Å². The van der Waals surface area contributed by atoms with Crippen LogP contribution in [0.1, 0.15) is 37.8 Å². The molecule has 3 heterocycles. The molecule has 0 unspecified atom stereocenters. The molecule has 4 heteroatoms. The summed E-state index contributed by atoms with van der Waals surface area (Å²) in [6, 6.07) is 0. The second-order valence-electron chi connectivity index (χ2n) is 5.96. The van der Waals surface area contributed by atoms with Crippen molar-refractivity contribution >= 4 is 0 Å². The standard InChI is InChI=1S/C14H24N4/c1-2-14(3-6-15-7-4-14)5-9-18(8-1)11-13-10-16-12-17-13/h10,12,15H,1-9,11H2,(H,16,17). The molecule has 2 aliphatic heterocycles. The molecule has 1 aromatic rings. The van der Waals surface area contributed by atoms with Crippen molar-refractivity contribution in [2.24, 2.45) is 5.41 Å². The molecule has 2 N–H and O–H groups in total. The van der Waals surface area contributed by atoms with Crippen LogP contribution in [0.4, 0.5) is 0 Å². The lowest BCUT2D eigenvalue weighted by Crippen LogP contribution is -2.37. The molecular formula is C14H24N4. The number of aromatic amines is 1. The third-order valence-corrected chi connectivity index (χ3v) is 4.75. The maximum absolute atomic E-state index is 4.10. The Morgan fingerprint density at radius 1 is 1.17 bits per heavy atom. The van der Waals surface area contributed by atoms with Crippen LogP contribution in [0.15, 0.2) is 12.5 Å². The molecule has 0 saturated carbocycles. The van der Waals surface area contributed by atoms with E-state index in [1.165, 1.54) is 64.0 Å². The Hall–Kier alpha value is -0.870. The van der Waals surface area contributed by atoms with Crippen LogP contribution < -0.4 is 5.32 Å². The van der Waals surface area contributed by atoms with Gasteiger partial charge in [0.05, 0.1) is 6.33 Å². The summed E-state index contributed by atoms with van der Waals surface area (Å²) in [5.41, 5.74) is 1.89. The Labute approximate surface area is 109 Å². The van der Waals surface area contributed by atoms with Crippen molar-refractivity contribution in [2.75, 3.05) is 26.2 Å². The quantitative estimate of drug-likeness (QED) is 0.838. The first-order chi connectivity index (χ1) is 8.86. The highest BCUT2D eigenvalue weighted by Crippen LogP contribution is 2.39. The molecule has 1 aromatic heterocycles. The van der Waals surface area contributed by atoms with E-state index < -0.39 is 0 Å². The highest BCUT2D eigenvalue weighted by molar-refractivity contribution is 4.95. The Morgan fingerprint density at radius 3 is 2.83 bits per heavy atom. The summed E-state index contributed by atoms with van der Waals surface area (Å²) >= 11 is 0. The van der Waals surface area contributed by atoms with Crippen LogP contribution >= 0.6 is 0 Å². The van der Waals surface area contributed by atoms with Crippen molar-refractivity contribution in [1.29, 1.82) is 0 Å². The molecule has 0 atom stereocenters. The average Bonchev–Trinajstić information content (AvgIpc) is 2.83. The molecule has 0 radical (unpaired) electrons. The minimum absolute atomic E-state index is 0.647. The predicted molar refractivity (Wildman–Crippen MR) is 72.3 cm³/mol. The van der Waals surface area contributed by atoms with Crippen LogP contribution in [-0.4, -0.2) is 41.0 Å². The average molecular weight is 248 g/mol. The molecule has 3 rings (SSSR count). The maximum atomic E-state index is 4.10. The number of imidazole rings is 1. The number of nitrogens with zero attached hydrogens (tertiary/aromatic N) is 2. The summed E-state index contributed by atoms with van der Waals surface area (Å²) in [6.07, 6.45) is 10.6. The molecule has 0 aliphatic carbocycles. The zero-order valence-electron chi connectivity index (χ0n) is 11.1. The van der Waals surface area contributed by atoms with Gasteiger partial charge in [0.1, 0.15) is 0 Å². The van der Waals surface area contributed by atoms with Gasteiger partial charge in [-0.15, -0.1) is 0 Å². The Bertz CT molecular complexity index is 354. The molecule has 4 nitrogen and oxygen atoms in total. The third kappa shape index (κ3) is 2.75. The largest absolute Gasteiger partial charge is 0.347 e. The predicted octanol–water partition coefficient (Wildman–Crippen LogP) is 1.77. The van der Waals surface area contributed by atoms with Gasteiger partial charge in [-0.25, -0.2) is 4.98 Å². The van der Waals surface area contributed by atoms with Crippen molar-refractivity contribution in [3.63, 3.8) is 0 Å². The fourth-order valence-electron chi connectivity index (χ4n) is 3.54. The number of hydrogen-bond acceptors (Lipinski definition) is 3. The van der Waals surface area contributed by atoms with Gasteiger partial charge in [-0.05, 0) is 63.7 Å². The minimum Gasteiger partial charge on any atom is -0.347 e. The van der Waals surface area contributed by atoms with E-state index in [1.54, 1.807) is 6.33 Å². The SMILES string of the molecule is c1ncc(CN2CCCC3(CCNCC3)CC2)[nH]1. The monoisotopic (exact) mass is 248 g/mol. The summed E-state index contributed by atoms with van der Waals surface area (Å²) in [5.74, 6) is 0. The van der Waals surface area contributed by atoms with Gasteiger partial charge in [-0.3, -0.25) is 4.90 Å². The zero-order valence-corrected chi connectivity index (χ0v) is 11.1. The Morgan fingerprint density at radius 2 is 2.06 bits per heavy atom. The van der Waals surface area contributed by atoms with E-state index in [4.69, 9.17) is 0 Å². The van der Waals surface area contributed by atoms with Gasteiger partial charge in [-0.2, -0.15) is 0 Å². The second kappa shape index (κ2) is 5.41. The number of hydrogen-bond donors (Lipinski definition) is 2. The molecule has 0 amide bonds. The van der Waals surface area contributed by atoms with Crippen LogP contribution in [0.2, 0.25) is 0 Å². The molecule has 2 saturated heterocycles. The molecule has 2 aliphatic rings. The number of piperidine rings is 1. The lowest BCUT2D eigenvalue weighted by atomic mass is 9.73. The van der Waals surface area contributed by atoms with Crippen LogP contribution in [0.5, 0.6) is 0 Å². The molecular weight excluding hydrogens is 224 g/mol. The number of likely N-dealkylation sites (tertiary alicyclic amines) is 1. The van der Waals surface area contributed by atoms with Gasteiger partial charge in [0.25, 0.3) is 0 Å². The second-order valence-corrected chi connectivity index (χ2v) is 5.96.